The van der Waals surface area contributed by atoms with Crippen LogP contribution in [0.5, 0.6) is 11.5 Å². The Kier molecular flexibility index (Phi) is 2.98. The highest BCUT2D eigenvalue weighted by Crippen LogP contribution is 2.27. The Hall–Kier alpha value is -0.540. The van der Waals surface area contributed by atoms with E-state index < -0.39 is 10.0 Å². The molecule has 0 amide bonds. The first kappa shape index (κ1) is 10.5. The van der Waals surface area contributed by atoms with Crippen LogP contribution in [0.1, 0.15) is 0 Å². The lowest BCUT2D eigenvalue weighted by Gasteiger charge is -2.04. The highest BCUT2D eigenvalue weighted by atomic mass is 127. The molecule has 1 aromatic rings. The van der Waals surface area contributed by atoms with Crippen molar-refractivity contribution >= 4 is 33.0 Å². The number of hydrogen-bond donors (Lipinski definition) is 2. The molecule has 0 fully saturated rings. The average molecular weight is 315 g/mol. The molecule has 0 radical (unpaired) electrons. The van der Waals surface area contributed by atoms with Crippen LogP contribution in [-0.2, 0) is 10.0 Å². The lowest BCUT2D eigenvalue weighted by Crippen LogP contribution is -2.12. The van der Waals surface area contributed by atoms with Crippen LogP contribution in [0.25, 0.3) is 0 Å². The van der Waals surface area contributed by atoms with Gasteiger partial charge in [0.05, 0.1) is 0 Å². The van der Waals surface area contributed by atoms with E-state index in [-0.39, 0.29) is 16.4 Å². The van der Waals surface area contributed by atoms with Crippen LogP contribution in [0, 0.1) is 0 Å². The van der Waals surface area contributed by atoms with E-state index in [2.05, 4.69) is 0 Å². The third kappa shape index (κ3) is 2.45. The Morgan fingerprint density at radius 1 is 1.46 bits per heavy atom. The summed E-state index contributed by atoms with van der Waals surface area (Å²) < 4.78 is 26.6. The van der Waals surface area contributed by atoms with E-state index in [0.717, 1.165) is 6.07 Å². The number of rotatable bonds is 2. The Bertz CT molecular complexity index is 417. The first-order valence-electron chi connectivity index (χ1n) is 3.09. The van der Waals surface area contributed by atoms with Crippen LogP contribution >= 0.6 is 23.0 Å². The summed E-state index contributed by atoms with van der Waals surface area (Å²) in [5.41, 5.74) is 0. The fourth-order valence-electron chi connectivity index (χ4n) is 0.783. The Balaban J connectivity index is 3.41. The predicted octanol–water partition coefficient (Wildman–Crippen LogP) is 0.768. The van der Waals surface area contributed by atoms with E-state index in [1.54, 1.807) is 0 Å². The number of hydrogen-bond acceptors (Lipinski definition) is 4. The monoisotopic (exact) mass is 315 g/mol. The predicted molar refractivity (Wildman–Crippen MR) is 54.1 cm³/mol. The van der Waals surface area contributed by atoms with Gasteiger partial charge in [0.15, 0.2) is 28.8 Å². The summed E-state index contributed by atoms with van der Waals surface area (Å²) in [4.78, 5) is -0.234. The van der Waals surface area contributed by atoms with Crippen LogP contribution in [-0.4, -0.2) is 13.5 Å². The Morgan fingerprint density at radius 3 is 2.54 bits per heavy atom. The van der Waals surface area contributed by atoms with Crippen molar-refractivity contribution in [3.63, 3.8) is 0 Å². The molecule has 0 saturated carbocycles. The van der Waals surface area contributed by atoms with Gasteiger partial charge in [-0.15, -0.1) is 0 Å². The number of phenolic OH excluding ortho intramolecular Hbond substituents is 1. The van der Waals surface area contributed by atoms with Gasteiger partial charge in [-0.3, -0.25) is 0 Å². The molecule has 0 aromatic heterocycles. The van der Waals surface area contributed by atoms with Crippen molar-refractivity contribution in [1.29, 1.82) is 0 Å². The van der Waals surface area contributed by atoms with Crippen molar-refractivity contribution < 1.29 is 16.6 Å². The molecule has 0 saturated heterocycles. The van der Waals surface area contributed by atoms with Crippen LogP contribution < -0.4 is 8.21 Å². The van der Waals surface area contributed by atoms with E-state index in [4.69, 9.17) is 13.3 Å². The number of primary sulfonamides is 1. The molecule has 7 heteroatoms. The molecule has 0 bridgehead atoms. The molecule has 0 aliphatic rings. The van der Waals surface area contributed by atoms with Gasteiger partial charge in [-0.2, -0.15) is 0 Å². The largest absolute Gasteiger partial charge is 0.508 e. The van der Waals surface area contributed by atoms with E-state index in [1.807, 2.05) is 0 Å². The highest BCUT2D eigenvalue weighted by Gasteiger charge is 2.15. The number of aromatic hydroxyl groups is 1. The van der Waals surface area contributed by atoms with Crippen molar-refractivity contribution in [3.8, 4) is 11.5 Å². The van der Waals surface area contributed by atoms with Gasteiger partial charge in [0, 0.05) is 6.07 Å². The Morgan fingerprint density at radius 2 is 2.08 bits per heavy atom. The number of halogens is 1. The van der Waals surface area contributed by atoms with E-state index in [9.17, 15) is 8.42 Å². The summed E-state index contributed by atoms with van der Waals surface area (Å²) in [6.45, 7) is 0. The third-order valence-electron chi connectivity index (χ3n) is 1.32. The summed E-state index contributed by atoms with van der Waals surface area (Å²) in [6, 6.07) is 3.66. The van der Waals surface area contributed by atoms with E-state index >= 15 is 0 Å². The van der Waals surface area contributed by atoms with Crippen LogP contribution in [0.2, 0.25) is 0 Å². The SMILES string of the molecule is NS(=O)(=O)c1cc(O)ccc1OI. The molecular formula is C6H6INO4S. The topological polar surface area (TPSA) is 89.6 Å². The van der Waals surface area contributed by atoms with Crippen LogP contribution in [0.15, 0.2) is 23.1 Å². The molecule has 0 aliphatic carbocycles. The van der Waals surface area contributed by atoms with Gasteiger partial charge in [-0.05, 0) is 12.1 Å². The molecule has 1 rings (SSSR count). The first-order chi connectivity index (χ1) is 5.95. The van der Waals surface area contributed by atoms with Gasteiger partial charge in [-0.25, -0.2) is 13.6 Å². The smallest absolute Gasteiger partial charge is 0.241 e. The Labute approximate surface area is 89.3 Å². The first-order valence-corrected chi connectivity index (χ1v) is 5.52. The zero-order valence-corrected chi connectivity index (χ0v) is 9.24. The van der Waals surface area contributed by atoms with Crippen molar-refractivity contribution in [2.24, 2.45) is 5.14 Å². The van der Waals surface area contributed by atoms with E-state index in [1.165, 1.54) is 35.1 Å². The molecule has 0 atom stereocenters. The van der Waals surface area contributed by atoms with Gasteiger partial charge in [0.2, 0.25) is 10.0 Å². The van der Waals surface area contributed by atoms with Gasteiger partial charge < -0.3 is 8.17 Å². The fraction of sp³-hybridized carbons (Fsp3) is 0. The van der Waals surface area contributed by atoms with Crippen molar-refractivity contribution in [2.75, 3.05) is 0 Å². The summed E-state index contributed by atoms with van der Waals surface area (Å²) in [5, 5.41) is 13.9. The molecule has 5 nitrogen and oxygen atoms in total. The normalized spacial score (nSPS) is 11.2. The van der Waals surface area contributed by atoms with Crippen molar-refractivity contribution in [2.45, 2.75) is 4.90 Å². The maximum absolute atomic E-state index is 10.9. The lowest BCUT2D eigenvalue weighted by atomic mass is 10.3. The quantitative estimate of drug-likeness (QED) is 0.789. The molecule has 3 N–H and O–H groups in total. The molecule has 13 heavy (non-hydrogen) atoms. The van der Waals surface area contributed by atoms with Gasteiger partial charge in [-0.1, -0.05) is 0 Å². The third-order valence-corrected chi connectivity index (χ3v) is 2.72. The van der Waals surface area contributed by atoms with Gasteiger partial charge in [0.25, 0.3) is 0 Å². The molecule has 0 heterocycles. The maximum Gasteiger partial charge on any atom is 0.241 e. The molecule has 0 unspecified atom stereocenters. The maximum atomic E-state index is 10.9. The molecule has 0 spiro atoms. The average Bonchev–Trinajstić information content (AvgIpc) is 2.03. The van der Waals surface area contributed by atoms with Crippen LogP contribution in [0.3, 0.4) is 0 Å². The second-order valence-corrected chi connectivity index (χ2v) is 4.22. The highest BCUT2D eigenvalue weighted by molar-refractivity contribution is 14.1. The zero-order chi connectivity index (χ0) is 10.1. The summed E-state index contributed by atoms with van der Waals surface area (Å²) in [5.74, 6) is -0.0814. The van der Waals surface area contributed by atoms with Crippen molar-refractivity contribution in [3.05, 3.63) is 18.2 Å². The van der Waals surface area contributed by atoms with Gasteiger partial charge in [0.1, 0.15) is 10.6 Å². The number of benzene rings is 1. The molecule has 0 aliphatic heterocycles. The second-order valence-electron chi connectivity index (χ2n) is 2.25. The zero-order valence-electron chi connectivity index (χ0n) is 6.27. The summed E-state index contributed by atoms with van der Waals surface area (Å²) in [6.07, 6.45) is 0. The van der Waals surface area contributed by atoms with E-state index in [0.29, 0.717) is 0 Å². The number of sulfonamides is 1. The minimum Gasteiger partial charge on any atom is -0.508 e. The van der Waals surface area contributed by atoms with Crippen molar-refractivity contribution in [1.82, 2.24) is 0 Å². The standard InChI is InChI=1S/C6H6INO4S/c7-12-5-2-1-4(9)3-6(5)13(8,10)11/h1-3,9H,(H2,8,10,11). The number of nitrogens with two attached hydrogens (primary N) is 1. The number of phenols is 1. The second kappa shape index (κ2) is 3.68. The lowest BCUT2D eigenvalue weighted by molar-refractivity contribution is 0.471. The molecular weight excluding hydrogens is 309 g/mol. The fourth-order valence-corrected chi connectivity index (χ4v) is 1.99. The summed E-state index contributed by atoms with van der Waals surface area (Å²) >= 11 is 1.53. The molecule has 1 aromatic carbocycles. The minimum absolute atomic E-state index is 0.0981. The minimum atomic E-state index is -3.86. The molecule has 72 valence electrons. The summed E-state index contributed by atoms with van der Waals surface area (Å²) in [7, 11) is -3.86. The van der Waals surface area contributed by atoms with Gasteiger partial charge >= 0.3 is 0 Å². The van der Waals surface area contributed by atoms with Crippen LogP contribution in [0.4, 0.5) is 0 Å².